The molecule has 3 N–H and O–H groups in total. The number of phenols is 1. The number of hydrogen-bond acceptors (Lipinski definition) is 7. The third-order valence-electron chi connectivity index (χ3n) is 5.42. The van der Waals surface area contributed by atoms with Gasteiger partial charge in [-0.25, -0.2) is 0 Å². The summed E-state index contributed by atoms with van der Waals surface area (Å²) in [6.45, 7) is 9.94. The van der Waals surface area contributed by atoms with Crippen LogP contribution in [0.3, 0.4) is 0 Å². The Bertz CT molecular complexity index is 1020. The fourth-order valence-electron chi connectivity index (χ4n) is 3.63. The highest BCUT2D eigenvalue weighted by Crippen LogP contribution is 2.39. The van der Waals surface area contributed by atoms with Crippen LogP contribution in [0.4, 0.5) is 0 Å². The van der Waals surface area contributed by atoms with Gasteiger partial charge in [-0.05, 0) is 74.7 Å². The summed E-state index contributed by atoms with van der Waals surface area (Å²) in [5.41, 5.74) is 7.66. The number of likely N-dealkylation sites (N-methyl/N-ethyl adjacent to an activating group) is 1. The number of carbonyl (C=O) groups excluding carboxylic acids is 1. The molecule has 0 heterocycles. The van der Waals surface area contributed by atoms with E-state index in [-0.39, 0.29) is 23.5 Å². The van der Waals surface area contributed by atoms with Gasteiger partial charge in [0.05, 0.1) is 31.4 Å². The number of nitrogens with two attached hydrogens (primary N) is 1. The Labute approximate surface area is 203 Å². The topological polar surface area (TPSA) is 109 Å². The predicted octanol–water partition coefficient (Wildman–Crippen LogP) is 4.39. The first-order chi connectivity index (χ1) is 16.1. The molecule has 0 aliphatic rings. The number of ketones is 1. The molecule has 34 heavy (non-hydrogen) atoms. The summed E-state index contributed by atoms with van der Waals surface area (Å²) in [4.78, 5) is 15.1. The minimum absolute atomic E-state index is 0.0663. The van der Waals surface area contributed by atoms with E-state index in [0.717, 1.165) is 18.4 Å². The molecular formula is C27H37N3O4. The van der Waals surface area contributed by atoms with Crippen molar-refractivity contribution in [3.8, 4) is 23.3 Å². The second-order valence-electron chi connectivity index (χ2n) is 9.42. The maximum atomic E-state index is 13.2. The molecule has 0 aliphatic carbocycles. The lowest BCUT2D eigenvalue weighted by Crippen LogP contribution is -2.26. The van der Waals surface area contributed by atoms with Crippen LogP contribution < -0.4 is 15.2 Å². The molecule has 0 aromatic heterocycles. The summed E-state index contributed by atoms with van der Waals surface area (Å²) in [7, 11) is 1.84. The highest BCUT2D eigenvalue weighted by Gasteiger charge is 2.24. The molecule has 2 aromatic rings. The smallest absolute Gasteiger partial charge is 0.176 e. The number of rotatable bonds is 12. The number of ether oxygens (including phenoxy) is 2. The van der Waals surface area contributed by atoms with Crippen LogP contribution in [0.1, 0.15) is 67.6 Å². The van der Waals surface area contributed by atoms with Crippen molar-refractivity contribution in [2.75, 3.05) is 33.4 Å². The zero-order valence-corrected chi connectivity index (χ0v) is 21.0. The van der Waals surface area contributed by atoms with Crippen LogP contribution in [0.25, 0.3) is 0 Å². The van der Waals surface area contributed by atoms with Gasteiger partial charge in [-0.1, -0.05) is 20.8 Å². The van der Waals surface area contributed by atoms with E-state index in [0.29, 0.717) is 54.5 Å². The van der Waals surface area contributed by atoms with Gasteiger partial charge in [0.25, 0.3) is 0 Å². The van der Waals surface area contributed by atoms with E-state index in [1.165, 1.54) is 0 Å². The summed E-state index contributed by atoms with van der Waals surface area (Å²) in [5.74, 6) is 0.975. The first-order valence-electron chi connectivity index (χ1n) is 11.7. The summed E-state index contributed by atoms with van der Waals surface area (Å²) in [5, 5.41) is 20.2. The van der Waals surface area contributed by atoms with Crippen molar-refractivity contribution in [1.29, 1.82) is 5.26 Å². The molecule has 0 fully saturated rings. The van der Waals surface area contributed by atoms with Gasteiger partial charge >= 0.3 is 0 Å². The largest absolute Gasteiger partial charge is 0.504 e. The second-order valence-corrected chi connectivity index (χ2v) is 9.42. The van der Waals surface area contributed by atoms with Crippen LogP contribution >= 0.6 is 0 Å². The van der Waals surface area contributed by atoms with E-state index >= 15 is 0 Å². The summed E-state index contributed by atoms with van der Waals surface area (Å²) >= 11 is 0. The van der Waals surface area contributed by atoms with E-state index in [2.05, 4.69) is 6.07 Å². The van der Waals surface area contributed by atoms with Crippen LogP contribution in [-0.4, -0.2) is 49.1 Å². The summed E-state index contributed by atoms with van der Waals surface area (Å²) < 4.78 is 11.4. The Morgan fingerprint density at radius 2 is 1.91 bits per heavy atom. The molecule has 2 aromatic carbocycles. The number of unbranched alkanes of at least 4 members (excludes halogenated alkanes) is 1. The van der Waals surface area contributed by atoms with Crippen molar-refractivity contribution >= 4 is 5.78 Å². The quantitative estimate of drug-likeness (QED) is 0.352. The minimum atomic E-state index is -0.372. The Morgan fingerprint density at radius 1 is 1.18 bits per heavy atom. The van der Waals surface area contributed by atoms with Gasteiger partial charge in [-0.3, -0.25) is 9.69 Å². The minimum Gasteiger partial charge on any atom is -0.504 e. The molecule has 7 nitrogen and oxygen atoms in total. The van der Waals surface area contributed by atoms with Crippen LogP contribution in [0.2, 0.25) is 0 Å². The fraction of sp³-hybridized carbons (Fsp3) is 0.481. The van der Waals surface area contributed by atoms with Crippen LogP contribution in [0.5, 0.6) is 17.2 Å². The zero-order valence-electron chi connectivity index (χ0n) is 21.0. The van der Waals surface area contributed by atoms with Gasteiger partial charge < -0.3 is 20.3 Å². The molecule has 0 atom stereocenters. The molecule has 0 saturated carbocycles. The van der Waals surface area contributed by atoms with Gasteiger partial charge in [0.2, 0.25) is 0 Å². The molecule has 184 valence electrons. The maximum absolute atomic E-state index is 13.2. The first-order valence-corrected chi connectivity index (χ1v) is 11.7. The second kappa shape index (κ2) is 12.4. The molecule has 0 saturated heterocycles. The lowest BCUT2D eigenvalue weighted by molar-refractivity contribution is 0.0942. The number of nitriles is 1. The van der Waals surface area contributed by atoms with E-state index in [1.54, 1.807) is 24.3 Å². The SMILES string of the molecule is CCOc1ccc(C#N)c(CN(C)CC(=O)c2cc(OCCCCN)c(O)c(C(C)(C)C)c2)c1. The number of aromatic hydroxyl groups is 1. The molecular weight excluding hydrogens is 430 g/mol. The predicted molar refractivity (Wildman–Crippen MR) is 134 cm³/mol. The highest BCUT2D eigenvalue weighted by atomic mass is 16.5. The van der Waals surface area contributed by atoms with Crippen molar-refractivity contribution in [1.82, 2.24) is 4.90 Å². The number of nitrogens with zero attached hydrogens (tertiary/aromatic N) is 2. The lowest BCUT2D eigenvalue weighted by atomic mass is 9.84. The molecule has 0 amide bonds. The lowest BCUT2D eigenvalue weighted by Gasteiger charge is -2.24. The Balaban J connectivity index is 2.24. The molecule has 0 aliphatic heterocycles. The average molecular weight is 468 g/mol. The molecule has 7 heteroatoms. The number of benzene rings is 2. The van der Waals surface area contributed by atoms with E-state index in [1.807, 2.05) is 45.7 Å². The van der Waals surface area contributed by atoms with E-state index in [4.69, 9.17) is 15.2 Å². The molecule has 0 unspecified atom stereocenters. The maximum Gasteiger partial charge on any atom is 0.176 e. The highest BCUT2D eigenvalue weighted by molar-refractivity contribution is 5.98. The normalized spacial score (nSPS) is 11.4. The van der Waals surface area contributed by atoms with Gasteiger partial charge in [0, 0.05) is 17.7 Å². The number of phenolic OH excluding ortho intramolecular Hbond substituents is 1. The van der Waals surface area contributed by atoms with Gasteiger partial charge in [0.15, 0.2) is 17.3 Å². The number of Topliss-reactive ketones (excluding diaryl/α,β-unsaturated/α-hetero) is 1. The van der Waals surface area contributed by atoms with Gasteiger partial charge in [-0.2, -0.15) is 5.26 Å². The number of hydrogen-bond donors (Lipinski definition) is 2. The average Bonchev–Trinajstić information content (AvgIpc) is 2.77. The van der Waals surface area contributed by atoms with Crippen molar-refractivity contribution < 1.29 is 19.4 Å². The molecule has 0 spiro atoms. The zero-order chi connectivity index (χ0) is 25.3. The fourth-order valence-corrected chi connectivity index (χ4v) is 3.63. The molecule has 0 bridgehead atoms. The van der Waals surface area contributed by atoms with Gasteiger partial charge in [-0.15, -0.1) is 0 Å². The number of carbonyl (C=O) groups is 1. The van der Waals surface area contributed by atoms with Crippen molar-refractivity contribution in [3.05, 3.63) is 52.6 Å². The monoisotopic (exact) mass is 467 g/mol. The Hall–Kier alpha value is -3.08. The van der Waals surface area contributed by atoms with Gasteiger partial charge in [0.1, 0.15) is 5.75 Å². The standard InChI is InChI=1S/C27H37N3O4/c1-6-33-22-10-9-19(16-29)21(13-22)17-30(5)18-24(31)20-14-23(27(2,3)4)26(32)25(15-20)34-12-8-7-11-28/h9-10,13-15,32H,6-8,11-12,17-18,28H2,1-5H3. The van der Waals surface area contributed by atoms with Crippen molar-refractivity contribution in [3.63, 3.8) is 0 Å². The third kappa shape index (κ3) is 7.47. The van der Waals surface area contributed by atoms with Crippen LogP contribution in [0, 0.1) is 11.3 Å². The summed E-state index contributed by atoms with van der Waals surface area (Å²) in [6, 6.07) is 10.9. The van der Waals surface area contributed by atoms with Crippen molar-refractivity contribution in [2.45, 2.75) is 52.5 Å². The molecule has 0 radical (unpaired) electrons. The van der Waals surface area contributed by atoms with Crippen molar-refractivity contribution in [2.24, 2.45) is 5.73 Å². The van der Waals surface area contributed by atoms with E-state index in [9.17, 15) is 15.2 Å². The third-order valence-corrected chi connectivity index (χ3v) is 5.42. The molecule has 2 rings (SSSR count). The Kier molecular flexibility index (Phi) is 9.91. The first kappa shape index (κ1) is 27.2. The van der Waals surface area contributed by atoms with Crippen LogP contribution in [-0.2, 0) is 12.0 Å². The van der Waals surface area contributed by atoms with Crippen LogP contribution in [0.15, 0.2) is 30.3 Å². The summed E-state index contributed by atoms with van der Waals surface area (Å²) in [6.07, 6.45) is 1.59. The van der Waals surface area contributed by atoms with E-state index < -0.39 is 0 Å². The Morgan fingerprint density at radius 3 is 2.53 bits per heavy atom.